The number of ether oxygens (including phenoxy) is 1. The summed E-state index contributed by atoms with van der Waals surface area (Å²) in [5.41, 5.74) is 1.51. The van der Waals surface area contributed by atoms with Gasteiger partial charge in [-0.2, -0.15) is 0 Å². The minimum Gasteiger partial charge on any atom is -0.489 e. The van der Waals surface area contributed by atoms with E-state index in [1.54, 1.807) is 24.3 Å². The van der Waals surface area contributed by atoms with E-state index in [-0.39, 0.29) is 11.3 Å². The highest BCUT2D eigenvalue weighted by Gasteiger charge is 2.18. The van der Waals surface area contributed by atoms with Crippen molar-refractivity contribution in [2.75, 3.05) is 5.32 Å². The van der Waals surface area contributed by atoms with Crippen LogP contribution in [0.25, 0.3) is 0 Å². The number of hydrogen-bond acceptors (Lipinski definition) is 5. The molecule has 8 nitrogen and oxygen atoms in total. The normalized spacial score (nSPS) is 11.3. The molecule has 0 aliphatic heterocycles. The number of nitro benzene ring substituents is 1. The Morgan fingerprint density at radius 2 is 1.71 bits per heavy atom. The van der Waals surface area contributed by atoms with E-state index in [0.717, 1.165) is 11.6 Å². The van der Waals surface area contributed by atoms with Gasteiger partial charge in [-0.25, -0.2) is 0 Å². The Labute approximate surface area is 179 Å². The summed E-state index contributed by atoms with van der Waals surface area (Å²) < 4.78 is 5.71. The third-order valence-electron chi connectivity index (χ3n) is 4.43. The lowest BCUT2D eigenvalue weighted by Gasteiger charge is -2.14. The van der Waals surface area contributed by atoms with Crippen LogP contribution < -0.4 is 15.4 Å². The molecular formula is C23H21N3O5. The Hall–Kier alpha value is -4.20. The Kier molecular flexibility index (Phi) is 6.95. The fraction of sp³-hybridized carbons (Fsp3) is 0.130. The summed E-state index contributed by atoms with van der Waals surface area (Å²) in [5, 5.41) is 16.1. The first-order chi connectivity index (χ1) is 14.9. The maximum atomic E-state index is 12.4. The third-order valence-corrected chi connectivity index (χ3v) is 4.43. The molecule has 3 rings (SSSR count). The monoisotopic (exact) mass is 419 g/mol. The summed E-state index contributed by atoms with van der Waals surface area (Å²) in [6.45, 7) is 1.97. The highest BCUT2D eigenvalue weighted by Crippen LogP contribution is 2.17. The van der Waals surface area contributed by atoms with E-state index in [2.05, 4.69) is 10.6 Å². The number of non-ortho nitro benzene ring substituents is 1. The van der Waals surface area contributed by atoms with E-state index in [9.17, 15) is 19.7 Å². The predicted octanol–water partition coefficient (Wildman–Crippen LogP) is 3.93. The number of nitrogens with zero attached hydrogens (tertiary/aromatic N) is 1. The molecule has 0 heterocycles. The standard InChI is InChI=1S/C23H21N3O5/c1-16(24-23(28)18-8-5-9-20(14-18)26(29)30)22(27)25-19-10-12-21(13-11-19)31-15-17-6-3-2-4-7-17/h2-14,16H,15H2,1H3,(H,24,28)(H,25,27). The molecule has 3 aromatic rings. The molecule has 158 valence electrons. The summed E-state index contributed by atoms with van der Waals surface area (Å²) >= 11 is 0. The number of carbonyl (C=O) groups is 2. The van der Waals surface area contributed by atoms with Crippen molar-refractivity contribution >= 4 is 23.2 Å². The topological polar surface area (TPSA) is 111 Å². The van der Waals surface area contributed by atoms with Crippen molar-refractivity contribution < 1.29 is 19.2 Å². The van der Waals surface area contributed by atoms with Crippen molar-refractivity contribution in [3.8, 4) is 5.75 Å². The van der Waals surface area contributed by atoms with E-state index in [4.69, 9.17) is 4.74 Å². The first-order valence-electron chi connectivity index (χ1n) is 9.55. The molecule has 31 heavy (non-hydrogen) atoms. The minimum atomic E-state index is -0.847. The van der Waals surface area contributed by atoms with Crippen LogP contribution >= 0.6 is 0 Å². The van der Waals surface area contributed by atoms with Gasteiger partial charge in [-0.1, -0.05) is 36.4 Å². The maximum Gasteiger partial charge on any atom is 0.270 e. The number of benzene rings is 3. The van der Waals surface area contributed by atoms with Gasteiger partial charge in [0.2, 0.25) is 5.91 Å². The largest absolute Gasteiger partial charge is 0.489 e. The highest BCUT2D eigenvalue weighted by atomic mass is 16.6. The molecule has 8 heteroatoms. The SMILES string of the molecule is CC(NC(=O)c1cccc([N+](=O)[O-])c1)C(=O)Nc1ccc(OCc2ccccc2)cc1. The average Bonchev–Trinajstić information content (AvgIpc) is 2.79. The summed E-state index contributed by atoms with van der Waals surface area (Å²) in [7, 11) is 0. The molecule has 0 saturated carbocycles. The lowest BCUT2D eigenvalue weighted by atomic mass is 10.1. The summed E-state index contributed by atoms with van der Waals surface area (Å²) in [4.78, 5) is 34.9. The van der Waals surface area contributed by atoms with Crippen molar-refractivity contribution in [2.45, 2.75) is 19.6 Å². The van der Waals surface area contributed by atoms with Crippen LogP contribution in [0.15, 0.2) is 78.9 Å². The van der Waals surface area contributed by atoms with Gasteiger partial charge in [0, 0.05) is 23.4 Å². The quantitative estimate of drug-likeness (QED) is 0.425. The summed E-state index contributed by atoms with van der Waals surface area (Å²) in [6, 6.07) is 21.1. The molecule has 1 unspecified atom stereocenters. The van der Waals surface area contributed by atoms with E-state index in [1.165, 1.54) is 25.1 Å². The number of amides is 2. The second kappa shape index (κ2) is 10.0. The second-order valence-electron chi connectivity index (χ2n) is 6.79. The van der Waals surface area contributed by atoms with Gasteiger partial charge < -0.3 is 15.4 Å². The molecule has 0 bridgehead atoms. The van der Waals surface area contributed by atoms with Crippen LogP contribution in [0.5, 0.6) is 5.75 Å². The summed E-state index contributed by atoms with van der Waals surface area (Å²) in [6.07, 6.45) is 0. The molecule has 0 aliphatic carbocycles. The smallest absolute Gasteiger partial charge is 0.270 e. The van der Waals surface area contributed by atoms with Crippen LogP contribution in [0, 0.1) is 10.1 Å². The van der Waals surface area contributed by atoms with Gasteiger partial charge in [0.25, 0.3) is 11.6 Å². The van der Waals surface area contributed by atoms with Crippen molar-refractivity contribution in [3.63, 3.8) is 0 Å². The Balaban J connectivity index is 1.52. The van der Waals surface area contributed by atoms with Crippen molar-refractivity contribution in [3.05, 3.63) is 100 Å². The van der Waals surface area contributed by atoms with Gasteiger partial charge in [-0.3, -0.25) is 19.7 Å². The molecule has 0 fully saturated rings. The van der Waals surface area contributed by atoms with E-state index in [0.29, 0.717) is 18.0 Å². The average molecular weight is 419 g/mol. The number of carbonyl (C=O) groups excluding carboxylic acids is 2. The number of anilines is 1. The van der Waals surface area contributed by atoms with Gasteiger partial charge in [0.15, 0.2) is 0 Å². The maximum absolute atomic E-state index is 12.4. The second-order valence-corrected chi connectivity index (χ2v) is 6.79. The number of hydrogen-bond donors (Lipinski definition) is 2. The zero-order chi connectivity index (χ0) is 22.2. The molecule has 0 aliphatic rings. The first kappa shape index (κ1) is 21.5. The fourth-order valence-corrected chi connectivity index (χ4v) is 2.73. The molecule has 0 aromatic heterocycles. The lowest BCUT2D eigenvalue weighted by Crippen LogP contribution is -2.41. The van der Waals surface area contributed by atoms with Gasteiger partial charge in [-0.05, 0) is 42.8 Å². The van der Waals surface area contributed by atoms with E-state index >= 15 is 0 Å². The highest BCUT2D eigenvalue weighted by molar-refractivity contribution is 6.01. The molecule has 2 N–H and O–H groups in total. The third kappa shape index (κ3) is 6.14. The molecule has 1 atom stereocenters. The van der Waals surface area contributed by atoms with Crippen molar-refractivity contribution in [1.29, 1.82) is 0 Å². The zero-order valence-electron chi connectivity index (χ0n) is 16.8. The van der Waals surface area contributed by atoms with Gasteiger partial charge in [0.1, 0.15) is 18.4 Å². The van der Waals surface area contributed by atoms with Crippen LogP contribution in [0.1, 0.15) is 22.8 Å². The van der Waals surface area contributed by atoms with Gasteiger partial charge in [0.05, 0.1) is 4.92 Å². The number of nitrogens with one attached hydrogen (secondary N) is 2. The summed E-state index contributed by atoms with van der Waals surface area (Å²) in [5.74, 6) is -0.332. The van der Waals surface area contributed by atoms with Crippen LogP contribution in [-0.2, 0) is 11.4 Å². The minimum absolute atomic E-state index is 0.105. The molecular weight excluding hydrogens is 398 g/mol. The lowest BCUT2D eigenvalue weighted by molar-refractivity contribution is -0.384. The predicted molar refractivity (Wildman–Crippen MR) is 116 cm³/mol. The molecule has 0 spiro atoms. The molecule has 0 radical (unpaired) electrons. The molecule has 2 amide bonds. The van der Waals surface area contributed by atoms with Crippen molar-refractivity contribution in [2.24, 2.45) is 0 Å². The van der Waals surface area contributed by atoms with Gasteiger partial charge in [-0.15, -0.1) is 0 Å². The number of rotatable bonds is 8. The van der Waals surface area contributed by atoms with Gasteiger partial charge >= 0.3 is 0 Å². The molecule has 3 aromatic carbocycles. The zero-order valence-corrected chi connectivity index (χ0v) is 16.8. The Morgan fingerprint density at radius 3 is 2.39 bits per heavy atom. The van der Waals surface area contributed by atoms with Crippen molar-refractivity contribution in [1.82, 2.24) is 5.32 Å². The first-order valence-corrected chi connectivity index (χ1v) is 9.55. The van der Waals surface area contributed by atoms with Crippen LogP contribution in [-0.4, -0.2) is 22.8 Å². The molecule has 0 saturated heterocycles. The van der Waals surface area contributed by atoms with E-state index in [1.807, 2.05) is 30.3 Å². The Bertz CT molecular complexity index is 1070. The fourth-order valence-electron chi connectivity index (χ4n) is 2.73. The number of nitro groups is 1. The van der Waals surface area contributed by atoms with Crippen LogP contribution in [0.3, 0.4) is 0 Å². The van der Waals surface area contributed by atoms with E-state index < -0.39 is 22.8 Å². The van der Waals surface area contributed by atoms with Crippen LogP contribution in [0.4, 0.5) is 11.4 Å². The van der Waals surface area contributed by atoms with Crippen LogP contribution in [0.2, 0.25) is 0 Å². The Morgan fingerprint density at radius 1 is 1.00 bits per heavy atom.